The molecule has 1 heterocycles. The molecule has 0 saturated carbocycles. The topological polar surface area (TPSA) is 66.8 Å². The molecule has 136 valence electrons. The van der Waals surface area contributed by atoms with E-state index in [0.29, 0.717) is 17.0 Å². The van der Waals surface area contributed by atoms with Crippen LogP contribution in [0, 0.1) is 0 Å². The van der Waals surface area contributed by atoms with Gasteiger partial charge in [0.15, 0.2) is 5.60 Å². The number of Topliss-reactive ketones (excluding diaryl/α,β-unsaturated/α-hetero) is 1. The molecule has 1 unspecified atom stereocenters. The van der Waals surface area contributed by atoms with Crippen LogP contribution in [0.15, 0.2) is 48.5 Å². The zero-order valence-corrected chi connectivity index (χ0v) is 15.2. The predicted octanol–water partition coefficient (Wildman–Crippen LogP) is 3.19. The Kier molecular flexibility index (Phi) is 4.83. The number of fused-ring (bicyclic) bond motifs is 1. The second-order valence-corrected chi connectivity index (χ2v) is 6.92. The Morgan fingerprint density at radius 1 is 1.15 bits per heavy atom. The zero-order valence-electron chi connectivity index (χ0n) is 15.2. The number of para-hydroxylation sites is 2. The van der Waals surface area contributed by atoms with Gasteiger partial charge in [0.25, 0.3) is 5.91 Å². The molecule has 0 radical (unpaired) electrons. The highest BCUT2D eigenvalue weighted by molar-refractivity contribution is 6.08. The molecular formula is C21H23NO4. The molecule has 1 N–H and O–H groups in total. The van der Waals surface area contributed by atoms with Crippen LogP contribution in [0.4, 0.5) is 5.69 Å². The summed E-state index contributed by atoms with van der Waals surface area (Å²) in [5.74, 6) is -0.0101. The minimum Gasteiger partial charge on any atom is -0.491 e. The maximum absolute atomic E-state index is 13.0. The summed E-state index contributed by atoms with van der Waals surface area (Å²) in [6.45, 7) is 5.53. The predicted molar refractivity (Wildman–Crippen MR) is 99.0 cm³/mol. The van der Waals surface area contributed by atoms with Crippen LogP contribution < -0.4 is 9.64 Å². The fraction of sp³-hybridized carbons (Fsp3) is 0.333. The number of anilines is 1. The number of benzene rings is 2. The molecule has 1 amide bonds. The molecule has 3 rings (SSSR count). The average Bonchev–Trinajstić information content (AvgIpc) is 2.78. The number of carbonyl (C=O) groups is 2. The summed E-state index contributed by atoms with van der Waals surface area (Å²) in [5.41, 5.74) is 0.135. The number of hydrogen-bond acceptors (Lipinski definition) is 4. The monoisotopic (exact) mass is 353 g/mol. The second-order valence-electron chi connectivity index (χ2n) is 6.92. The number of aliphatic hydroxyl groups is 1. The Balaban J connectivity index is 2.00. The van der Waals surface area contributed by atoms with Crippen LogP contribution in [-0.4, -0.2) is 22.9 Å². The lowest BCUT2D eigenvalue weighted by molar-refractivity contribution is -0.141. The maximum atomic E-state index is 13.0. The summed E-state index contributed by atoms with van der Waals surface area (Å²) in [5, 5.41) is 11.0. The summed E-state index contributed by atoms with van der Waals surface area (Å²) >= 11 is 0. The minimum atomic E-state index is -1.81. The number of rotatable bonds is 6. The molecule has 5 nitrogen and oxygen atoms in total. The summed E-state index contributed by atoms with van der Waals surface area (Å²) in [7, 11) is 0. The van der Waals surface area contributed by atoms with Crippen molar-refractivity contribution in [3.63, 3.8) is 0 Å². The third-order valence-corrected chi connectivity index (χ3v) is 4.41. The van der Waals surface area contributed by atoms with Crippen molar-refractivity contribution < 1.29 is 19.4 Å². The number of amides is 1. The molecule has 0 aliphatic carbocycles. The van der Waals surface area contributed by atoms with Gasteiger partial charge in [0.1, 0.15) is 11.5 Å². The highest BCUT2D eigenvalue weighted by Gasteiger charge is 2.50. The fourth-order valence-corrected chi connectivity index (χ4v) is 3.37. The summed E-state index contributed by atoms with van der Waals surface area (Å²) in [6.07, 6.45) is -0.226. The van der Waals surface area contributed by atoms with Gasteiger partial charge in [-0.15, -0.1) is 0 Å². The first-order valence-electron chi connectivity index (χ1n) is 8.71. The van der Waals surface area contributed by atoms with E-state index in [1.807, 2.05) is 44.2 Å². The number of hydrogen-bond donors (Lipinski definition) is 1. The van der Waals surface area contributed by atoms with Gasteiger partial charge in [0.05, 0.1) is 18.3 Å². The summed E-state index contributed by atoms with van der Waals surface area (Å²) in [6, 6.07) is 14.6. The van der Waals surface area contributed by atoms with Crippen molar-refractivity contribution in [3.8, 4) is 5.75 Å². The van der Waals surface area contributed by atoms with Crippen molar-refractivity contribution in [1.82, 2.24) is 0 Å². The highest BCUT2D eigenvalue weighted by atomic mass is 16.5. The normalized spacial score (nSPS) is 19.0. The number of carbonyl (C=O) groups excluding carboxylic acids is 2. The van der Waals surface area contributed by atoms with Crippen molar-refractivity contribution in [3.05, 3.63) is 59.7 Å². The summed E-state index contributed by atoms with van der Waals surface area (Å²) in [4.78, 5) is 26.2. The van der Waals surface area contributed by atoms with Gasteiger partial charge in [0.2, 0.25) is 0 Å². The van der Waals surface area contributed by atoms with E-state index in [4.69, 9.17) is 4.74 Å². The molecule has 1 aliphatic heterocycles. The first-order chi connectivity index (χ1) is 12.3. The maximum Gasteiger partial charge on any atom is 0.264 e. The van der Waals surface area contributed by atoms with Crippen molar-refractivity contribution in [1.29, 1.82) is 0 Å². The lowest BCUT2D eigenvalue weighted by Crippen LogP contribution is -2.41. The number of nitrogens with zero attached hydrogens (tertiary/aromatic N) is 1. The van der Waals surface area contributed by atoms with Gasteiger partial charge in [0, 0.05) is 17.5 Å². The van der Waals surface area contributed by atoms with E-state index in [1.54, 1.807) is 18.2 Å². The van der Waals surface area contributed by atoms with Crippen LogP contribution in [0.25, 0.3) is 0 Å². The van der Waals surface area contributed by atoms with Gasteiger partial charge < -0.3 is 14.7 Å². The number of ether oxygens (including phenoxy) is 1. The van der Waals surface area contributed by atoms with Gasteiger partial charge in [-0.2, -0.15) is 0 Å². The van der Waals surface area contributed by atoms with Gasteiger partial charge in [-0.3, -0.25) is 9.59 Å². The van der Waals surface area contributed by atoms with E-state index in [2.05, 4.69) is 0 Å². The molecular weight excluding hydrogens is 330 g/mol. The van der Waals surface area contributed by atoms with Gasteiger partial charge in [-0.1, -0.05) is 36.4 Å². The van der Waals surface area contributed by atoms with E-state index >= 15 is 0 Å². The van der Waals surface area contributed by atoms with Crippen molar-refractivity contribution in [2.45, 2.75) is 45.4 Å². The van der Waals surface area contributed by atoms with Gasteiger partial charge >= 0.3 is 0 Å². The zero-order chi connectivity index (χ0) is 18.9. The SMILES string of the molecule is CC(=O)CC1(O)C(=O)N(Cc2ccccc2OC(C)C)c2ccccc21. The van der Waals surface area contributed by atoms with Crippen LogP contribution in [0.3, 0.4) is 0 Å². The third-order valence-electron chi connectivity index (χ3n) is 4.41. The Morgan fingerprint density at radius 3 is 2.50 bits per heavy atom. The molecule has 2 aromatic carbocycles. The molecule has 0 aromatic heterocycles. The first-order valence-corrected chi connectivity index (χ1v) is 8.71. The molecule has 1 aliphatic rings. The molecule has 1 atom stereocenters. The van der Waals surface area contributed by atoms with Crippen LogP contribution in [0.1, 0.15) is 38.3 Å². The molecule has 2 aromatic rings. The molecule has 0 fully saturated rings. The molecule has 0 bridgehead atoms. The van der Waals surface area contributed by atoms with Crippen molar-refractivity contribution in [2.75, 3.05) is 4.90 Å². The van der Waals surface area contributed by atoms with E-state index < -0.39 is 11.5 Å². The molecule has 0 saturated heterocycles. The minimum absolute atomic E-state index is 0.00682. The van der Waals surface area contributed by atoms with E-state index in [9.17, 15) is 14.7 Å². The smallest absolute Gasteiger partial charge is 0.264 e. The van der Waals surface area contributed by atoms with E-state index in [0.717, 1.165) is 5.56 Å². The Bertz CT molecular complexity index is 845. The van der Waals surface area contributed by atoms with Crippen LogP contribution in [0.5, 0.6) is 5.75 Å². The van der Waals surface area contributed by atoms with E-state index in [1.165, 1.54) is 11.8 Å². The number of ketones is 1. The quantitative estimate of drug-likeness (QED) is 0.866. The van der Waals surface area contributed by atoms with Crippen LogP contribution in [-0.2, 0) is 21.7 Å². The first kappa shape index (κ1) is 18.1. The lowest BCUT2D eigenvalue weighted by atomic mass is 9.90. The molecule has 0 spiro atoms. The molecule has 5 heteroatoms. The third kappa shape index (κ3) is 3.22. The van der Waals surface area contributed by atoms with Crippen molar-refractivity contribution in [2.24, 2.45) is 0 Å². The van der Waals surface area contributed by atoms with E-state index in [-0.39, 0.29) is 24.9 Å². The lowest BCUT2D eigenvalue weighted by Gasteiger charge is -2.23. The average molecular weight is 353 g/mol. The Hall–Kier alpha value is -2.66. The second kappa shape index (κ2) is 6.92. The standard InChI is InChI=1S/C21H23NO4/c1-14(2)26-19-11-7-4-8-16(19)13-22-18-10-6-5-9-17(18)21(25,20(22)24)12-15(3)23/h4-11,14,25H,12-13H2,1-3H3. The Labute approximate surface area is 153 Å². The fourth-order valence-electron chi connectivity index (χ4n) is 3.37. The van der Waals surface area contributed by atoms with Crippen molar-refractivity contribution >= 4 is 17.4 Å². The van der Waals surface area contributed by atoms with Crippen LogP contribution >= 0.6 is 0 Å². The largest absolute Gasteiger partial charge is 0.491 e. The Morgan fingerprint density at radius 2 is 1.81 bits per heavy atom. The van der Waals surface area contributed by atoms with Gasteiger partial charge in [-0.05, 0) is 32.9 Å². The van der Waals surface area contributed by atoms with Crippen LogP contribution in [0.2, 0.25) is 0 Å². The summed E-state index contributed by atoms with van der Waals surface area (Å²) < 4.78 is 5.84. The molecule has 26 heavy (non-hydrogen) atoms. The highest BCUT2D eigenvalue weighted by Crippen LogP contribution is 2.43. The van der Waals surface area contributed by atoms with Gasteiger partial charge in [-0.25, -0.2) is 0 Å².